The first-order chi connectivity index (χ1) is 14.1. The van der Waals surface area contributed by atoms with Crippen LogP contribution < -0.4 is 4.74 Å². The maximum absolute atomic E-state index is 13.1. The minimum absolute atomic E-state index is 0.0233. The highest BCUT2D eigenvalue weighted by Gasteiger charge is 2.30. The molecule has 7 heteroatoms. The monoisotopic (exact) mass is 395 g/mol. The lowest BCUT2D eigenvalue weighted by atomic mass is 9.96. The van der Waals surface area contributed by atoms with E-state index in [4.69, 9.17) is 9.15 Å². The zero-order valence-corrected chi connectivity index (χ0v) is 16.1. The van der Waals surface area contributed by atoms with Crippen LogP contribution in [-0.4, -0.2) is 40.2 Å². The fraction of sp³-hybridized carbons (Fsp3) is 0.318. The van der Waals surface area contributed by atoms with Gasteiger partial charge in [-0.1, -0.05) is 18.2 Å². The van der Waals surface area contributed by atoms with Gasteiger partial charge in [0.05, 0.1) is 0 Å². The van der Waals surface area contributed by atoms with E-state index in [0.29, 0.717) is 36.2 Å². The molecule has 1 aromatic heterocycles. The van der Waals surface area contributed by atoms with E-state index in [1.54, 1.807) is 19.1 Å². The van der Waals surface area contributed by atoms with Crippen molar-refractivity contribution in [1.82, 2.24) is 15.1 Å². The Balaban J connectivity index is 1.33. The predicted octanol–water partition coefficient (Wildman–Crippen LogP) is 4.05. The highest BCUT2D eigenvalue weighted by molar-refractivity contribution is 5.81. The Morgan fingerprint density at radius 1 is 1.10 bits per heavy atom. The Kier molecular flexibility index (Phi) is 5.55. The lowest BCUT2D eigenvalue weighted by Crippen LogP contribution is -2.44. The van der Waals surface area contributed by atoms with Crippen molar-refractivity contribution >= 4 is 5.91 Å². The number of rotatable bonds is 5. The lowest BCUT2D eigenvalue weighted by molar-refractivity contribution is -0.139. The Morgan fingerprint density at radius 2 is 1.79 bits per heavy atom. The Bertz CT molecular complexity index is 951. The zero-order valence-electron chi connectivity index (χ0n) is 16.1. The summed E-state index contributed by atoms with van der Waals surface area (Å²) in [5, 5.41) is 8.24. The maximum atomic E-state index is 13.1. The summed E-state index contributed by atoms with van der Waals surface area (Å²) in [6.45, 7) is 2.99. The molecule has 0 aliphatic carbocycles. The second-order valence-corrected chi connectivity index (χ2v) is 7.13. The standard InChI is InChI=1S/C22H22FN3O3/c1-15(28-19-5-3-2-4-6-19)22(27)26-13-11-17(12-14-26)21-25-24-20(29-21)16-7-9-18(23)10-8-16/h2-10,15,17H,11-14H2,1H3. The van der Waals surface area contributed by atoms with Crippen LogP contribution in [0.4, 0.5) is 4.39 Å². The summed E-state index contributed by atoms with van der Waals surface area (Å²) in [6, 6.07) is 15.3. The first-order valence-electron chi connectivity index (χ1n) is 9.70. The largest absolute Gasteiger partial charge is 0.481 e. The van der Waals surface area contributed by atoms with E-state index >= 15 is 0 Å². The average molecular weight is 395 g/mol. The molecule has 1 aliphatic heterocycles. The van der Waals surface area contributed by atoms with Gasteiger partial charge < -0.3 is 14.1 Å². The van der Waals surface area contributed by atoms with Crippen molar-refractivity contribution in [2.45, 2.75) is 31.8 Å². The molecule has 0 radical (unpaired) electrons. The van der Waals surface area contributed by atoms with E-state index in [1.807, 2.05) is 35.2 Å². The van der Waals surface area contributed by atoms with Crippen molar-refractivity contribution in [3.63, 3.8) is 0 Å². The van der Waals surface area contributed by atoms with Gasteiger partial charge in [-0.15, -0.1) is 10.2 Å². The fourth-order valence-corrected chi connectivity index (χ4v) is 3.47. The second kappa shape index (κ2) is 8.43. The van der Waals surface area contributed by atoms with Gasteiger partial charge in [0, 0.05) is 24.6 Å². The molecule has 1 aliphatic rings. The number of ether oxygens (including phenoxy) is 1. The number of hydrogen-bond donors (Lipinski definition) is 0. The third kappa shape index (κ3) is 4.45. The highest BCUT2D eigenvalue weighted by atomic mass is 19.1. The van der Waals surface area contributed by atoms with Crippen LogP contribution in [0, 0.1) is 5.82 Å². The van der Waals surface area contributed by atoms with E-state index in [9.17, 15) is 9.18 Å². The number of hydrogen-bond acceptors (Lipinski definition) is 5. The van der Waals surface area contributed by atoms with Crippen LogP contribution >= 0.6 is 0 Å². The molecule has 1 atom stereocenters. The fourth-order valence-electron chi connectivity index (χ4n) is 3.47. The summed E-state index contributed by atoms with van der Waals surface area (Å²) in [6.07, 6.45) is 0.950. The van der Waals surface area contributed by atoms with Crippen LogP contribution in [-0.2, 0) is 4.79 Å². The Morgan fingerprint density at radius 3 is 2.48 bits per heavy atom. The first kappa shape index (κ1) is 19.1. The molecular weight excluding hydrogens is 373 g/mol. The van der Waals surface area contributed by atoms with Gasteiger partial charge in [0.2, 0.25) is 11.8 Å². The van der Waals surface area contributed by atoms with Crippen molar-refractivity contribution < 1.29 is 18.3 Å². The molecule has 1 fully saturated rings. The molecule has 0 bridgehead atoms. The van der Waals surface area contributed by atoms with Crippen LogP contribution in [0.1, 0.15) is 31.6 Å². The highest BCUT2D eigenvalue weighted by Crippen LogP contribution is 2.29. The maximum Gasteiger partial charge on any atom is 0.263 e. The molecule has 6 nitrogen and oxygen atoms in total. The van der Waals surface area contributed by atoms with Crippen LogP contribution in [0.25, 0.3) is 11.5 Å². The summed E-state index contributed by atoms with van der Waals surface area (Å²) < 4.78 is 24.6. The predicted molar refractivity (Wildman–Crippen MR) is 105 cm³/mol. The normalized spacial score (nSPS) is 15.9. The van der Waals surface area contributed by atoms with Crippen molar-refractivity contribution in [2.24, 2.45) is 0 Å². The summed E-state index contributed by atoms with van der Waals surface area (Å²) in [5.41, 5.74) is 0.685. The van der Waals surface area contributed by atoms with E-state index in [1.165, 1.54) is 12.1 Å². The third-order valence-corrected chi connectivity index (χ3v) is 5.09. The van der Waals surface area contributed by atoms with E-state index in [0.717, 1.165) is 12.8 Å². The summed E-state index contributed by atoms with van der Waals surface area (Å²) in [7, 11) is 0. The minimum Gasteiger partial charge on any atom is -0.481 e. The number of aromatic nitrogens is 2. The lowest BCUT2D eigenvalue weighted by Gasteiger charge is -2.32. The number of piperidine rings is 1. The van der Waals surface area contributed by atoms with E-state index in [-0.39, 0.29) is 17.6 Å². The molecular formula is C22H22FN3O3. The van der Waals surface area contributed by atoms with Crippen molar-refractivity contribution in [2.75, 3.05) is 13.1 Å². The van der Waals surface area contributed by atoms with Crippen molar-refractivity contribution in [3.8, 4) is 17.2 Å². The Labute approximate surface area is 168 Å². The number of para-hydroxylation sites is 1. The van der Waals surface area contributed by atoms with Crippen LogP contribution in [0.15, 0.2) is 59.0 Å². The molecule has 29 heavy (non-hydrogen) atoms. The number of likely N-dealkylation sites (tertiary alicyclic amines) is 1. The van der Waals surface area contributed by atoms with Gasteiger partial charge in [0.1, 0.15) is 11.6 Å². The molecule has 0 spiro atoms. The minimum atomic E-state index is -0.539. The first-order valence-corrected chi connectivity index (χ1v) is 9.70. The number of benzene rings is 2. The molecule has 3 aromatic rings. The summed E-state index contributed by atoms with van der Waals surface area (Å²) in [5.74, 6) is 1.39. The molecule has 0 N–H and O–H groups in total. The molecule has 4 rings (SSSR count). The van der Waals surface area contributed by atoms with E-state index in [2.05, 4.69) is 10.2 Å². The van der Waals surface area contributed by atoms with Gasteiger partial charge in [0.25, 0.3) is 5.91 Å². The van der Waals surface area contributed by atoms with Crippen LogP contribution in [0.2, 0.25) is 0 Å². The van der Waals surface area contributed by atoms with E-state index < -0.39 is 6.10 Å². The quantitative estimate of drug-likeness (QED) is 0.652. The summed E-state index contributed by atoms with van der Waals surface area (Å²) >= 11 is 0. The second-order valence-electron chi connectivity index (χ2n) is 7.13. The molecule has 1 saturated heterocycles. The van der Waals surface area contributed by atoms with Gasteiger partial charge in [-0.2, -0.15) is 0 Å². The average Bonchev–Trinajstić information content (AvgIpc) is 3.25. The molecule has 0 saturated carbocycles. The van der Waals surface area contributed by atoms with Gasteiger partial charge in [-0.3, -0.25) is 4.79 Å². The summed E-state index contributed by atoms with van der Waals surface area (Å²) in [4.78, 5) is 14.5. The zero-order chi connectivity index (χ0) is 20.2. The van der Waals surface area contributed by atoms with Gasteiger partial charge >= 0.3 is 0 Å². The molecule has 1 unspecified atom stereocenters. The van der Waals surface area contributed by atoms with Crippen molar-refractivity contribution in [1.29, 1.82) is 0 Å². The SMILES string of the molecule is CC(Oc1ccccc1)C(=O)N1CCC(c2nnc(-c3ccc(F)cc3)o2)CC1. The number of amides is 1. The molecule has 150 valence electrons. The number of carbonyl (C=O) groups is 1. The topological polar surface area (TPSA) is 68.5 Å². The number of carbonyl (C=O) groups excluding carboxylic acids is 1. The van der Waals surface area contributed by atoms with Crippen LogP contribution in [0.3, 0.4) is 0 Å². The van der Waals surface area contributed by atoms with Gasteiger partial charge in [0.15, 0.2) is 6.10 Å². The Hall–Kier alpha value is -3.22. The van der Waals surface area contributed by atoms with Crippen LogP contribution in [0.5, 0.6) is 5.75 Å². The van der Waals surface area contributed by atoms with Gasteiger partial charge in [-0.25, -0.2) is 4.39 Å². The number of nitrogens with zero attached hydrogens (tertiary/aromatic N) is 3. The molecule has 2 aromatic carbocycles. The third-order valence-electron chi connectivity index (χ3n) is 5.09. The molecule has 2 heterocycles. The molecule has 1 amide bonds. The number of halogens is 1. The van der Waals surface area contributed by atoms with Crippen molar-refractivity contribution in [3.05, 3.63) is 66.3 Å². The smallest absolute Gasteiger partial charge is 0.263 e. The van der Waals surface area contributed by atoms with Gasteiger partial charge in [-0.05, 0) is 56.2 Å².